The van der Waals surface area contributed by atoms with Crippen molar-refractivity contribution in [3.8, 4) is 11.5 Å². The first-order chi connectivity index (χ1) is 16.4. The average molecular weight is 474 g/mol. The third kappa shape index (κ3) is 3.09. The number of fused-ring (bicyclic) bond motifs is 3. The molecule has 2 aliphatic rings. The quantitative estimate of drug-likeness (QED) is 0.354. The largest absolute Gasteiger partial charge is 0.439 e. The average Bonchev–Trinajstić information content (AvgIpc) is 3.23. The second kappa shape index (κ2) is 7.32. The van der Waals surface area contributed by atoms with Gasteiger partial charge in [0.1, 0.15) is 11.3 Å². The van der Waals surface area contributed by atoms with Crippen molar-refractivity contribution in [3.63, 3.8) is 0 Å². The third-order valence-corrected chi connectivity index (χ3v) is 6.62. The van der Waals surface area contributed by atoms with Crippen molar-refractivity contribution in [2.24, 2.45) is 0 Å². The van der Waals surface area contributed by atoms with Gasteiger partial charge in [0.15, 0.2) is 11.5 Å². The van der Waals surface area contributed by atoms with Crippen molar-refractivity contribution in [2.45, 2.75) is 10.7 Å². The number of nitro groups is 1. The molecular weight excluding hydrogens is 460 g/mol. The zero-order chi connectivity index (χ0) is 23.4. The number of thioether (sulfide) groups is 1. The summed E-state index contributed by atoms with van der Waals surface area (Å²) in [6, 6.07) is 15.8. The van der Waals surface area contributed by atoms with Crippen molar-refractivity contribution in [3.05, 3.63) is 98.6 Å². The van der Waals surface area contributed by atoms with Crippen LogP contribution in [0.1, 0.15) is 11.3 Å². The number of ether oxygens (including phenoxy) is 2. The van der Waals surface area contributed by atoms with E-state index < -0.39 is 10.7 Å². The number of non-ortho nitro benzene ring substituents is 1. The Bertz CT molecular complexity index is 1590. The lowest BCUT2D eigenvalue weighted by Crippen LogP contribution is -2.39. The van der Waals surface area contributed by atoms with Crippen LogP contribution in [0.5, 0.6) is 11.5 Å². The highest BCUT2D eigenvalue weighted by Gasteiger charge is 2.48. The van der Waals surface area contributed by atoms with E-state index in [0.29, 0.717) is 22.7 Å². The topological polar surface area (TPSA) is 125 Å². The zero-order valence-electron chi connectivity index (χ0n) is 17.3. The van der Waals surface area contributed by atoms with E-state index in [1.165, 1.54) is 40.4 Å². The maximum Gasteiger partial charge on any atom is 0.323 e. The summed E-state index contributed by atoms with van der Waals surface area (Å²) in [5.74, 6) is -1.14. The fraction of sp³-hybridized carbons (Fsp3) is 0.0870. The molecule has 10 nitrogen and oxygen atoms in total. The second-order valence-corrected chi connectivity index (χ2v) is 8.68. The number of hydrogen-bond acceptors (Lipinski definition) is 8. The lowest BCUT2D eigenvalue weighted by molar-refractivity contribution is -0.384. The van der Waals surface area contributed by atoms with E-state index in [1.54, 1.807) is 36.5 Å². The number of nitro benzene ring substituents is 1. The monoisotopic (exact) mass is 474 g/mol. The van der Waals surface area contributed by atoms with Crippen LogP contribution in [0.25, 0.3) is 5.65 Å². The van der Waals surface area contributed by atoms with Gasteiger partial charge in [-0.15, -0.1) is 11.8 Å². The van der Waals surface area contributed by atoms with Crippen molar-refractivity contribution in [1.82, 2.24) is 9.38 Å². The van der Waals surface area contributed by atoms with Gasteiger partial charge in [-0.25, -0.2) is 4.98 Å². The highest BCUT2D eigenvalue weighted by Crippen LogP contribution is 2.49. The number of nitrogens with zero attached hydrogens (tertiary/aromatic N) is 3. The van der Waals surface area contributed by atoms with Gasteiger partial charge in [-0.3, -0.25) is 24.1 Å². The van der Waals surface area contributed by atoms with Gasteiger partial charge in [-0.2, -0.15) is 0 Å². The number of amides is 1. The minimum atomic E-state index is -1.71. The maximum atomic E-state index is 12.9. The molecule has 1 atom stereocenters. The number of carbonyl (C=O) groups excluding carboxylic acids is 1. The molecule has 1 unspecified atom stereocenters. The van der Waals surface area contributed by atoms with Crippen LogP contribution in [0.3, 0.4) is 0 Å². The molecule has 34 heavy (non-hydrogen) atoms. The van der Waals surface area contributed by atoms with Crippen molar-refractivity contribution < 1.29 is 19.2 Å². The summed E-state index contributed by atoms with van der Waals surface area (Å²) in [6.07, 6.45) is 1.60. The van der Waals surface area contributed by atoms with Crippen LogP contribution in [-0.4, -0.2) is 26.0 Å². The number of carbonyl (C=O) groups is 1. The summed E-state index contributed by atoms with van der Waals surface area (Å²) >= 11 is 1.40. The molecule has 1 N–H and O–H groups in total. The predicted octanol–water partition coefficient (Wildman–Crippen LogP) is 3.32. The number of pyridine rings is 1. The number of hydrogen-bond donors (Lipinski definition) is 1. The van der Waals surface area contributed by atoms with Gasteiger partial charge >= 0.3 is 5.79 Å². The molecule has 4 heterocycles. The second-order valence-electron chi connectivity index (χ2n) is 7.67. The third-order valence-electron chi connectivity index (χ3n) is 5.55. The number of rotatable bonds is 3. The number of nitrogens with one attached hydrogen (secondary N) is 1. The predicted molar refractivity (Wildman–Crippen MR) is 122 cm³/mol. The molecule has 11 heteroatoms. The molecule has 0 spiro atoms. The van der Waals surface area contributed by atoms with E-state index in [0.717, 1.165) is 4.90 Å². The normalized spacial score (nSPS) is 18.4. The van der Waals surface area contributed by atoms with E-state index in [4.69, 9.17) is 9.47 Å². The van der Waals surface area contributed by atoms with Crippen LogP contribution in [0.4, 0.5) is 11.4 Å². The number of anilines is 1. The molecule has 0 saturated heterocycles. The number of aromatic nitrogens is 2. The van der Waals surface area contributed by atoms with Crippen molar-refractivity contribution in [1.29, 1.82) is 0 Å². The highest BCUT2D eigenvalue weighted by molar-refractivity contribution is 8.00. The Morgan fingerprint density at radius 3 is 2.76 bits per heavy atom. The van der Waals surface area contributed by atoms with Gasteiger partial charge in [0.2, 0.25) is 5.91 Å². The lowest BCUT2D eigenvalue weighted by Gasteiger charge is -2.29. The van der Waals surface area contributed by atoms with Crippen molar-refractivity contribution in [2.75, 3.05) is 11.1 Å². The minimum Gasteiger partial charge on any atom is -0.439 e. The lowest BCUT2D eigenvalue weighted by atomic mass is 10.0. The zero-order valence-corrected chi connectivity index (χ0v) is 18.1. The molecule has 2 aromatic carbocycles. The fourth-order valence-electron chi connectivity index (χ4n) is 3.99. The van der Waals surface area contributed by atoms with E-state index in [2.05, 4.69) is 10.3 Å². The first kappa shape index (κ1) is 20.2. The Hall–Kier alpha value is -4.38. The van der Waals surface area contributed by atoms with Crippen LogP contribution >= 0.6 is 11.8 Å². The SMILES string of the molecule is O=C1CSc2ccc(C3(c4cc(=O)n5ccccc5n4)Oc4ccc([N+](=O)[O-])cc4O3)cc2N1. The molecular formula is C23H14N4O6S. The molecule has 2 aromatic heterocycles. The van der Waals surface area contributed by atoms with Crippen molar-refractivity contribution >= 4 is 34.7 Å². The summed E-state index contributed by atoms with van der Waals surface area (Å²) in [5.41, 5.74) is 1.05. The van der Waals surface area contributed by atoms with Gasteiger partial charge in [-0.1, -0.05) is 6.07 Å². The Labute approximate surface area is 195 Å². The molecule has 0 aliphatic carbocycles. The maximum absolute atomic E-state index is 12.9. The Kier molecular flexibility index (Phi) is 4.36. The molecule has 168 valence electrons. The van der Waals surface area contributed by atoms with Crippen LogP contribution < -0.4 is 20.3 Å². The van der Waals surface area contributed by atoms with Gasteiger partial charge in [0.05, 0.1) is 22.4 Å². The van der Waals surface area contributed by atoms with Crippen LogP contribution in [0.2, 0.25) is 0 Å². The standard InChI is InChI=1S/C23H14N4O6S/c28-21-12-34-18-7-4-13(9-15(18)24-21)23(19-11-22(29)26-8-2-1-3-20(26)25-19)32-16-6-5-14(27(30)31)10-17(16)33-23/h1-11H,12H2,(H,24,28). The molecule has 0 radical (unpaired) electrons. The Morgan fingerprint density at radius 2 is 1.91 bits per heavy atom. The molecule has 1 amide bonds. The van der Waals surface area contributed by atoms with Crippen LogP contribution in [0.15, 0.2) is 76.6 Å². The molecule has 0 saturated carbocycles. The summed E-state index contributed by atoms with van der Waals surface area (Å²) < 4.78 is 13.9. The molecule has 2 aliphatic heterocycles. The highest BCUT2D eigenvalue weighted by atomic mass is 32.2. The van der Waals surface area contributed by atoms with Crippen LogP contribution in [0, 0.1) is 10.1 Å². The summed E-state index contributed by atoms with van der Waals surface area (Å²) in [4.78, 5) is 41.1. The minimum absolute atomic E-state index is 0.139. The molecule has 4 aromatic rings. The number of benzene rings is 2. The van der Waals surface area contributed by atoms with Crippen LogP contribution in [-0.2, 0) is 10.6 Å². The van der Waals surface area contributed by atoms with E-state index in [1.807, 2.05) is 6.07 Å². The molecule has 6 rings (SSSR count). The molecule has 0 bridgehead atoms. The smallest absolute Gasteiger partial charge is 0.323 e. The Morgan fingerprint density at radius 1 is 1.06 bits per heavy atom. The van der Waals surface area contributed by atoms with Gasteiger partial charge in [-0.05, 0) is 36.4 Å². The molecule has 0 fully saturated rings. The Balaban J connectivity index is 1.57. The van der Waals surface area contributed by atoms with E-state index >= 15 is 0 Å². The summed E-state index contributed by atoms with van der Waals surface area (Å²) in [5, 5.41) is 14.1. The van der Waals surface area contributed by atoms with E-state index in [-0.39, 0.29) is 34.3 Å². The summed E-state index contributed by atoms with van der Waals surface area (Å²) in [7, 11) is 0. The first-order valence-corrected chi connectivity index (χ1v) is 11.1. The van der Waals surface area contributed by atoms with E-state index in [9.17, 15) is 19.7 Å². The fourth-order valence-corrected chi connectivity index (χ4v) is 4.77. The van der Waals surface area contributed by atoms with Gasteiger partial charge < -0.3 is 14.8 Å². The van der Waals surface area contributed by atoms with Gasteiger partial charge in [0.25, 0.3) is 11.2 Å². The first-order valence-electron chi connectivity index (χ1n) is 10.2. The summed E-state index contributed by atoms with van der Waals surface area (Å²) in [6.45, 7) is 0. The van der Waals surface area contributed by atoms with Gasteiger partial charge in [0, 0.05) is 28.8 Å².